The maximum absolute atomic E-state index is 9.38. The van der Waals surface area contributed by atoms with Crippen molar-refractivity contribution in [2.75, 3.05) is 0 Å². The summed E-state index contributed by atoms with van der Waals surface area (Å²) < 4.78 is 0. The second kappa shape index (κ2) is 4.79. The van der Waals surface area contributed by atoms with Crippen molar-refractivity contribution in [1.29, 1.82) is 0 Å². The number of nitrogens with zero attached hydrogens (tertiary/aromatic N) is 1. The first-order valence-electron chi connectivity index (χ1n) is 5.53. The van der Waals surface area contributed by atoms with Gasteiger partial charge < -0.3 is 5.11 Å². The highest BCUT2D eigenvalue weighted by molar-refractivity contribution is 5.64. The van der Waals surface area contributed by atoms with Crippen molar-refractivity contribution in [3.05, 3.63) is 48.3 Å². The SMILES string of the molecule is CCCc1cccc(-c2cncc(O)c2)c1. The number of aryl methyl sites for hydroxylation is 1. The van der Waals surface area contributed by atoms with E-state index >= 15 is 0 Å². The summed E-state index contributed by atoms with van der Waals surface area (Å²) in [5.74, 6) is 0.207. The van der Waals surface area contributed by atoms with Crippen LogP contribution in [0.25, 0.3) is 11.1 Å². The van der Waals surface area contributed by atoms with Gasteiger partial charge in [0.25, 0.3) is 0 Å². The van der Waals surface area contributed by atoms with E-state index in [0.29, 0.717) is 0 Å². The summed E-state index contributed by atoms with van der Waals surface area (Å²) in [6, 6.07) is 10.1. The number of rotatable bonds is 3. The zero-order valence-electron chi connectivity index (χ0n) is 9.35. The third-order valence-corrected chi connectivity index (χ3v) is 2.52. The molecule has 2 nitrogen and oxygen atoms in total. The van der Waals surface area contributed by atoms with Gasteiger partial charge in [-0.1, -0.05) is 37.6 Å². The van der Waals surface area contributed by atoms with E-state index in [1.807, 2.05) is 12.1 Å². The first kappa shape index (κ1) is 10.7. The van der Waals surface area contributed by atoms with Crippen molar-refractivity contribution in [1.82, 2.24) is 4.98 Å². The Kier molecular flexibility index (Phi) is 3.20. The van der Waals surface area contributed by atoms with Crippen LogP contribution in [0.3, 0.4) is 0 Å². The van der Waals surface area contributed by atoms with Gasteiger partial charge in [-0.25, -0.2) is 0 Å². The van der Waals surface area contributed by atoms with Crippen molar-refractivity contribution < 1.29 is 5.11 Å². The smallest absolute Gasteiger partial charge is 0.134 e. The van der Waals surface area contributed by atoms with Crippen molar-refractivity contribution in [3.63, 3.8) is 0 Å². The lowest BCUT2D eigenvalue weighted by molar-refractivity contribution is 0.473. The molecule has 0 fully saturated rings. The lowest BCUT2D eigenvalue weighted by Crippen LogP contribution is -1.85. The largest absolute Gasteiger partial charge is 0.506 e. The molecule has 0 aliphatic carbocycles. The van der Waals surface area contributed by atoms with Crippen LogP contribution in [0.1, 0.15) is 18.9 Å². The van der Waals surface area contributed by atoms with E-state index in [1.54, 1.807) is 12.3 Å². The van der Waals surface area contributed by atoms with Crippen LogP contribution in [0.15, 0.2) is 42.7 Å². The molecular weight excluding hydrogens is 198 g/mol. The van der Waals surface area contributed by atoms with Crippen LogP contribution in [0.4, 0.5) is 0 Å². The summed E-state index contributed by atoms with van der Waals surface area (Å²) in [7, 11) is 0. The van der Waals surface area contributed by atoms with Crippen LogP contribution < -0.4 is 0 Å². The molecule has 0 aliphatic rings. The van der Waals surface area contributed by atoms with E-state index in [0.717, 1.165) is 24.0 Å². The van der Waals surface area contributed by atoms with Gasteiger partial charge in [0.05, 0.1) is 6.20 Å². The Labute approximate surface area is 95.6 Å². The number of pyridine rings is 1. The Bertz CT molecular complexity index is 480. The predicted molar refractivity (Wildman–Crippen MR) is 65.3 cm³/mol. The fourth-order valence-corrected chi connectivity index (χ4v) is 1.78. The van der Waals surface area contributed by atoms with Crippen molar-refractivity contribution >= 4 is 0 Å². The molecule has 2 heteroatoms. The summed E-state index contributed by atoms with van der Waals surface area (Å²) in [4.78, 5) is 3.99. The average molecular weight is 213 g/mol. The zero-order valence-corrected chi connectivity index (χ0v) is 9.35. The molecule has 0 bridgehead atoms. The molecule has 0 saturated heterocycles. The lowest BCUT2D eigenvalue weighted by atomic mass is 10.0. The van der Waals surface area contributed by atoms with Crippen LogP contribution in [0.5, 0.6) is 5.75 Å². The number of hydrogen-bond acceptors (Lipinski definition) is 2. The van der Waals surface area contributed by atoms with Gasteiger partial charge in [0.15, 0.2) is 0 Å². The molecule has 0 unspecified atom stereocenters. The second-order valence-corrected chi connectivity index (χ2v) is 3.88. The molecular formula is C14H15NO. The summed E-state index contributed by atoms with van der Waals surface area (Å²) in [5.41, 5.74) is 3.38. The maximum Gasteiger partial charge on any atom is 0.134 e. The molecule has 16 heavy (non-hydrogen) atoms. The molecule has 0 amide bonds. The Morgan fingerprint density at radius 3 is 2.75 bits per heavy atom. The van der Waals surface area contributed by atoms with Crippen LogP contribution >= 0.6 is 0 Å². The minimum Gasteiger partial charge on any atom is -0.506 e. The van der Waals surface area contributed by atoms with E-state index in [-0.39, 0.29) is 5.75 Å². The Morgan fingerprint density at radius 1 is 1.12 bits per heavy atom. The van der Waals surface area contributed by atoms with Crippen LogP contribution in [-0.2, 0) is 6.42 Å². The molecule has 0 saturated carbocycles. The summed E-state index contributed by atoms with van der Waals surface area (Å²) in [6.07, 6.45) is 5.44. The molecule has 0 aliphatic heterocycles. The normalized spacial score (nSPS) is 10.3. The van der Waals surface area contributed by atoms with Crippen LogP contribution in [-0.4, -0.2) is 10.1 Å². The zero-order chi connectivity index (χ0) is 11.4. The Morgan fingerprint density at radius 2 is 2.00 bits per heavy atom. The monoisotopic (exact) mass is 213 g/mol. The second-order valence-electron chi connectivity index (χ2n) is 3.88. The van der Waals surface area contributed by atoms with Gasteiger partial charge in [-0.05, 0) is 23.6 Å². The Hall–Kier alpha value is -1.83. The quantitative estimate of drug-likeness (QED) is 0.847. The van der Waals surface area contributed by atoms with Gasteiger partial charge in [0.1, 0.15) is 5.75 Å². The fourth-order valence-electron chi connectivity index (χ4n) is 1.78. The molecule has 2 rings (SSSR count). The predicted octanol–water partition coefficient (Wildman–Crippen LogP) is 3.41. The van der Waals surface area contributed by atoms with Crippen LogP contribution in [0, 0.1) is 0 Å². The van der Waals surface area contributed by atoms with Gasteiger partial charge in [-0.2, -0.15) is 0 Å². The average Bonchev–Trinajstić information content (AvgIpc) is 2.30. The van der Waals surface area contributed by atoms with E-state index in [9.17, 15) is 5.11 Å². The number of benzene rings is 1. The highest BCUT2D eigenvalue weighted by Crippen LogP contribution is 2.23. The minimum atomic E-state index is 0.207. The topological polar surface area (TPSA) is 33.1 Å². The maximum atomic E-state index is 9.38. The van der Waals surface area contributed by atoms with Gasteiger partial charge in [0, 0.05) is 11.8 Å². The molecule has 0 spiro atoms. The van der Waals surface area contributed by atoms with Crippen molar-refractivity contribution in [3.8, 4) is 16.9 Å². The fraction of sp³-hybridized carbons (Fsp3) is 0.214. The molecule has 2 aromatic rings. The van der Waals surface area contributed by atoms with E-state index in [1.165, 1.54) is 11.8 Å². The summed E-state index contributed by atoms with van der Waals surface area (Å²) >= 11 is 0. The molecule has 1 aromatic carbocycles. The van der Waals surface area contributed by atoms with Gasteiger partial charge >= 0.3 is 0 Å². The number of aromatic hydroxyl groups is 1. The molecule has 0 radical (unpaired) electrons. The number of hydrogen-bond donors (Lipinski definition) is 1. The molecule has 0 atom stereocenters. The van der Waals surface area contributed by atoms with Crippen LogP contribution in [0.2, 0.25) is 0 Å². The highest BCUT2D eigenvalue weighted by atomic mass is 16.3. The first-order chi connectivity index (χ1) is 7.79. The minimum absolute atomic E-state index is 0.207. The summed E-state index contributed by atoms with van der Waals surface area (Å²) in [6.45, 7) is 2.17. The Balaban J connectivity index is 2.36. The highest BCUT2D eigenvalue weighted by Gasteiger charge is 2.00. The third kappa shape index (κ3) is 2.40. The molecule has 1 heterocycles. The van der Waals surface area contributed by atoms with E-state index < -0.39 is 0 Å². The summed E-state index contributed by atoms with van der Waals surface area (Å²) in [5, 5.41) is 9.38. The number of aromatic nitrogens is 1. The van der Waals surface area contributed by atoms with E-state index in [2.05, 4.69) is 24.0 Å². The molecule has 82 valence electrons. The van der Waals surface area contributed by atoms with Crippen molar-refractivity contribution in [2.24, 2.45) is 0 Å². The van der Waals surface area contributed by atoms with Gasteiger partial charge in [-0.3, -0.25) is 4.98 Å². The van der Waals surface area contributed by atoms with Gasteiger partial charge in [-0.15, -0.1) is 0 Å². The molecule has 1 N–H and O–H groups in total. The standard InChI is InChI=1S/C14H15NO/c1-2-4-11-5-3-6-12(7-11)13-8-14(16)10-15-9-13/h3,5-10,16H,2,4H2,1H3. The van der Waals surface area contributed by atoms with Crippen molar-refractivity contribution in [2.45, 2.75) is 19.8 Å². The lowest BCUT2D eigenvalue weighted by Gasteiger charge is -2.04. The van der Waals surface area contributed by atoms with E-state index in [4.69, 9.17) is 0 Å². The first-order valence-corrected chi connectivity index (χ1v) is 5.53. The third-order valence-electron chi connectivity index (χ3n) is 2.52. The molecule has 1 aromatic heterocycles. The van der Waals surface area contributed by atoms with Gasteiger partial charge in [0.2, 0.25) is 0 Å².